The van der Waals surface area contributed by atoms with Crippen molar-refractivity contribution in [3.05, 3.63) is 0 Å². The smallest absolute Gasteiger partial charge is 0.220 e. The second kappa shape index (κ2) is 5.32. The summed E-state index contributed by atoms with van der Waals surface area (Å²) < 4.78 is 0. The molecule has 4 rings (SSSR count). The SMILES string of the molecule is CC(C)C(CO)NC(=O)CC12CC3CC(CC(C3)C1)C2. The number of aliphatic hydroxyl groups excluding tert-OH is 1. The van der Waals surface area contributed by atoms with Gasteiger partial charge >= 0.3 is 0 Å². The zero-order chi connectivity index (χ0) is 14.3. The zero-order valence-corrected chi connectivity index (χ0v) is 12.9. The predicted molar refractivity (Wildman–Crippen MR) is 79.1 cm³/mol. The summed E-state index contributed by atoms with van der Waals surface area (Å²) in [6.07, 6.45) is 8.79. The van der Waals surface area contributed by atoms with Crippen molar-refractivity contribution < 1.29 is 9.90 Å². The molecule has 4 bridgehead atoms. The number of carbonyl (C=O) groups excluding carboxylic acids is 1. The number of hydrogen-bond acceptors (Lipinski definition) is 2. The number of amides is 1. The molecule has 3 nitrogen and oxygen atoms in total. The summed E-state index contributed by atoms with van der Waals surface area (Å²) in [7, 11) is 0. The van der Waals surface area contributed by atoms with Crippen LogP contribution in [0.5, 0.6) is 0 Å². The van der Waals surface area contributed by atoms with E-state index < -0.39 is 0 Å². The molecule has 0 saturated heterocycles. The normalized spacial score (nSPS) is 40.1. The largest absolute Gasteiger partial charge is 0.394 e. The fraction of sp³-hybridized carbons (Fsp3) is 0.941. The quantitative estimate of drug-likeness (QED) is 0.813. The third-order valence-corrected chi connectivity index (χ3v) is 6.05. The van der Waals surface area contributed by atoms with Gasteiger partial charge in [0.25, 0.3) is 0 Å². The molecule has 4 fully saturated rings. The molecule has 0 spiro atoms. The van der Waals surface area contributed by atoms with Gasteiger partial charge in [-0.05, 0) is 67.6 Å². The first-order valence-electron chi connectivity index (χ1n) is 8.40. The fourth-order valence-electron chi connectivity index (χ4n) is 5.53. The molecule has 1 unspecified atom stereocenters. The minimum absolute atomic E-state index is 0.0459. The first-order valence-corrected chi connectivity index (χ1v) is 8.40. The molecule has 1 atom stereocenters. The molecule has 1 amide bonds. The molecule has 114 valence electrons. The van der Waals surface area contributed by atoms with Gasteiger partial charge in [0.15, 0.2) is 0 Å². The van der Waals surface area contributed by atoms with Crippen LogP contribution in [0.3, 0.4) is 0 Å². The summed E-state index contributed by atoms with van der Waals surface area (Å²) in [5.41, 5.74) is 0.301. The van der Waals surface area contributed by atoms with Gasteiger partial charge in [-0.25, -0.2) is 0 Å². The number of carbonyl (C=O) groups is 1. The van der Waals surface area contributed by atoms with E-state index in [1.165, 1.54) is 38.5 Å². The van der Waals surface area contributed by atoms with E-state index in [9.17, 15) is 9.90 Å². The monoisotopic (exact) mass is 279 g/mol. The highest BCUT2D eigenvalue weighted by Gasteiger charge is 2.51. The Morgan fingerprint density at radius 1 is 1.15 bits per heavy atom. The fourth-order valence-corrected chi connectivity index (χ4v) is 5.53. The van der Waals surface area contributed by atoms with E-state index >= 15 is 0 Å². The maximum atomic E-state index is 12.4. The van der Waals surface area contributed by atoms with E-state index in [1.807, 2.05) is 13.8 Å². The van der Waals surface area contributed by atoms with Crippen LogP contribution < -0.4 is 5.32 Å². The van der Waals surface area contributed by atoms with Crippen LogP contribution in [-0.2, 0) is 4.79 Å². The van der Waals surface area contributed by atoms with E-state index in [-0.39, 0.29) is 18.6 Å². The molecule has 0 aromatic carbocycles. The standard InChI is InChI=1S/C17H29NO2/c1-11(2)15(10-19)18-16(20)9-17-6-12-3-13(7-17)5-14(4-12)8-17/h11-15,19H,3-10H2,1-2H3,(H,18,20). The molecule has 0 heterocycles. The third kappa shape index (κ3) is 2.74. The lowest BCUT2D eigenvalue weighted by Crippen LogP contribution is -2.49. The third-order valence-electron chi connectivity index (χ3n) is 6.05. The summed E-state index contributed by atoms with van der Waals surface area (Å²) in [4.78, 5) is 12.4. The Bertz CT molecular complexity index is 342. The Balaban J connectivity index is 1.61. The number of hydrogen-bond donors (Lipinski definition) is 2. The van der Waals surface area contributed by atoms with E-state index in [0.717, 1.165) is 17.8 Å². The molecule has 0 aromatic rings. The van der Waals surface area contributed by atoms with Gasteiger partial charge in [0.1, 0.15) is 0 Å². The lowest BCUT2D eigenvalue weighted by Gasteiger charge is -2.56. The van der Waals surface area contributed by atoms with Gasteiger partial charge in [0.05, 0.1) is 12.6 Å². The maximum absolute atomic E-state index is 12.4. The number of aliphatic hydroxyl groups is 1. The van der Waals surface area contributed by atoms with Crippen LogP contribution in [-0.4, -0.2) is 23.7 Å². The predicted octanol–water partition coefficient (Wildman–Crippen LogP) is 2.73. The second-order valence-electron chi connectivity index (χ2n) is 8.19. The molecule has 4 aliphatic rings. The average Bonchev–Trinajstić information content (AvgIpc) is 2.33. The Hall–Kier alpha value is -0.570. The van der Waals surface area contributed by atoms with Crippen molar-refractivity contribution in [2.45, 2.75) is 64.8 Å². The lowest BCUT2D eigenvalue weighted by atomic mass is 9.49. The van der Waals surface area contributed by atoms with Gasteiger partial charge in [-0.2, -0.15) is 0 Å². The maximum Gasteiger partial charge on any atom is 0.220 e. The van der Waals surface area contributed by atoms with E-state index in [0.29, 0.717) is 17.8 Å². The van der Waals surface area contributed by atoms with Crippen molar-refractivity contribution in [2.75, 3.05) is 6.61 Å². The minimum atomic E-state index is -0.0867. The number of nitrogens with one attached hydrogen (secondary N) is 1. The van der Waals surface area contributed by atoms with Gasteiger partial charge in [-0.1, -0.05) is 13.8 Å². The highest BCUT2D eigenvalue weighted by atomic mass is 16.3. The van der Waals surface area contributed by atoms with Gasteiger partial charge in [-0.3, -0.25) is 4.79 Å². The molecule has 2 N–H and O–H groups in total. The first kappa shape index (κ1) is 14.4. The number of rotatable bonds is 5. The van der Waals surface area contributed by atoms with Crippen LogP contribution in [0.1, 0.15) is 58.8 Å². The zero-order valence-electron chi connectivity index (χ0n) is 12.9. The summed E-state index contributed by atoms with van der Waals surface area (Å²) in [6.45, 7) is 4.14. The van der Waals surface area contributed by atoms with E-state index in [1.54, 1.807) is 0 Å². The van der Waals surface area contributed by atoms with Crippen LogP contribution in [0, 0.1) is 29.1 Å². The summed E-state index contributed by atoms with van der Waals surface area (Å²) in [5.74, 6) is 3.15. The summed E-state index contributed by atoms with van der Waals surface area (Å²) >= 11 is 0. The van der Waals surface area contributed by atoms with Crippen LogP contribution in [0.15, 0.2) is 0 Å². The van der Waals surface area contributed by atoms with Crippen molar-refractivity contribution in [1.29, 1.82) is 0 Å². The topological polar surface area (TPSA) is 49.3 Å². The van der Waals surface area contributed by atoms with Gasteiger partial charge in [0.2, 0.25) is 5.91 Å². The Kier molecular flexibility index (Phi) is 3.83. The molecule has 3 heteroatoms. The van der Waals surface area contributed by atoms with Crippen LogP contribution in [0.4, 0.5) is 0 Å². The van der Waals surface area contributed by atoms with Crippen molar-refractivity contribution in [3.63, 3.8) is 0 Å². The molecule has 4 aliphatic carbocycles. The molecule has 0 aliphatic heterocycles. The average molecular weight is 279 g/mol. The van der Waals surface area contributed by atoms with Crippen molar-refractivity contribution >= 4 is 5.91 Å². The molecule has 20 heavy (non-hydrogen) atoms. The van der Waals surface area contributed by atoms with Crippen molar-refractivity contribution in [2.24, 2.45) is 29.1 Å². The van der Waals surface area contributed by atoms with Crippen LogP contribution >= 0.6 is 0 Å². The molecule has 4 saturated carbocycles. The van der Waals surface area contributed by atoms with Gasteiger partial charge in [-0.15, -0.1) is 0 Å². The van der Waals surface area contributed by atoms with Crippen molar-refractivity contribution in [3.8, 4) is 0 Å². The summed E-state index contributed by atoms with van der Waals surface area (Å²) in [6, 6.07) is -0.0867. The Morgan fingerprint density at radius 2 is 1.65 bits per heavy atom. The van der Waals surface area contributed by atoms with E-state index in [4.69, 9.17) is 0 Å². The molecular weight excluding hydrogens is 250 g/mol. The summed E-state index contributed by atoms with van der Waals surface area (Å²) in [5, 5.41) is 12.4. The van der Waals surface area contributed by atoms with Gasteiger partial charge in [0, 0.05) is 6.42 Å². The molecular formula is C17H29NO2. The Labute approximate surface area is 122 Å². The highest BCUT2D eigenvalue weighted by molar-refractivity contribution is 5.77. The molecule has 0 aromatic heterocycles. The van der Waals surface area contributed by atoms with Crippen LogP contribution in [0.25, 0.3) is 0 Å². The minimum Gasteiger partial charge on any atom is -0.394 e. The lowest BCUT2D eigenvalue weighted by molar-refractivity contribution is -0.130. The van der Waals surface area contributed by atoms with E-state index in [2.05, 4.69) is 5.32 Å². The second-order valence-corrected chi connectivity index (χ2v) is 8.19. The van der Waals surface area contributed by atoms with Crippen LogP contribution in [0.2, 0.25) is 0 Å². The van der Waals surface area contributed by atoms with Crippen molar-refractivity contribution in [1.82, 2.24) is 5.32 Å². The van der Waals surface area contributed by atoms with Gasteiger partial charge < -0.3 is 10.4 Å². The first-order chi connectivity index (χ1) is 9.49. The molecule has 0 radical (unpaired) electrons. The Morgan fingerprint density at radius 3 is 2.05 bits per heavy atom. The highest BCUT2D eigenvalue weighted by Crippen LogP contribution is 2.61.